The summed E-state index contributed by atoms with van der Waals surface area (Å²) < 4.78 is 28.4. The molecule has 0 bridgehead atoms. The fraction of sp³-hybridized carbons (Fsp3) is 0.0417. The molecule has 7 heteroatoms. The monoisotopic (exact) mass is 464 g/mol. The minimum atomic E-state index is -3.84. The standard InChI is InChI=1S/C24H17ClN2O2S2/c1-16-5-7-20(8-6-16)31(28,29)27-14-22(17-3-2-4-19(25)13-17)23-21(9-11-26-24(23)27)18-10-12-30-15-18/h2-15H,1H3. The highest BCUT2D eigenvalue weighted by molar-refractivity contribution is 7.90. The maximum absolute atomic E-state index is 13.6. The lowest BCUT2D eigenvalue weighted by Gasteiger charge is -2.08. The Morgan fingerprint density at radius 3 is 2.48 bits per heavy atom. The summed E-state index contributed by atoms with van der Waals surface area (Å²) in [5.74, 6) is 0. The zero-order chi connectivity index (χ0) is 21.6. The molecule has 5 aromatic rings. The van der Waals surface area contributed by atoms with E-state index >= 15 is 0 Å². The van der Waals surface area contributed by atoms with Crippen LogP contribution in [0.2, 0.25) is 5.02 Å². The van der Waals surface area contributed by atoms with Crippen molar-refractivity contribution in [1.29, 1.82) is 0 Å². The van der Waals surface area contributed by atoms with Crippen LogP contribution in [0.25, 0.3) is 33.3 Å². The molecule has 0 radical (unpaired) electrons. The van der Waals surface area contributed by atoms with Crippen LogP contribution in [0, 0.1) is 6.92 Å². The van der Waals surface area contributed by atoms with Gasteiger partial charge in [-0.2, -0.15) is 11.3 Å². The molecule has 31 heavy (non-hydrogen) atoms. The minimum Gasteiger partial charge on any atom is -0.237 e. The average molecular weight is 465 g/mol. The normalized spacial score (nSPS) is 11.8. The van der Waals surface area contributed by atoms with Crippen molar-refractivity contribution in [3.8, 4) is 22.3 Å². The van der Waals surface area contributed by atoms with Crippen LogP contribution in [0.15, 0.2) is 88.7 Å². The molecule has 154 valence electrons. The zero-order valence-corrected chi connectivity index (χ0v) is 18.9. The van der Waals surface area contributed by atoms with E-state index in [1.54, 1.807) is 54.1 Å². The Balaban J connectivity index is 1.85. The third-order valence-corrected chi connectivity index (χ3v) is 7.78. The van der Waals surface area contributed by atoms with Crippen molar-refractivity contribution in [2.45, 2.75) is 11.8 Å². The number of hydrogen-bond acceptors (Lipinski definition) is 4. The van der Waals surface area contributed by atoms with Gasteiger partial charge in [0, 0.05) is 28.4 Å². The van der Waals surface area contributed by atoms with E-state index in [1.807, 2.05) is 48.0 Å². The maximum atomic E-state index is 13.6. The van der Waals surface area contributed by atoms with Gasteiger partial charge in [-0.15, -0.1) is 0 Å². The Hall–Kier alpha value is -2.93. The second kappa shape index (κ2) is 7.64. The Kier molecular flexibility index (Phi) is 4.93. The predicted octanol–water partition coefficient (Wildman–Crippen LogP) is 6.63. The molecule has 0 aliphatic rings. The molecule has 3 aromatic heterocycles. The molecule has 0 fully saturated rings. The fourth-order valence-corrected chi connectivity index (χ4v) is 5.83. The number of aryl methyl sites for hydroxylation is 1. The number of halogens is 1. The molecule has 4 nitrogen and oxygen atoms in total. The van der Waals surface area contributed by atoms with Gasteiger partial charge in [-0.3, -0.25) is 0 Å². The van der Waals surface area contributed by atoms with Crippen LogP contribution in [0.4, 0.5) is 0 Å². The summed E-state index contributed by atoms with van der Waals surface area (Å²) in [5, 5.41) is 5.41. The molecule has 0 unspecified atom stereocenters. The Bertz CT molecular complexity index is 1500. The van der Waals surface area contributed by atoms with Gasteiger partial charge in [-0.25, -0.2) is 17.4 Å². The number of fused-ring (bicyclic) bond motifs is 1. The van der Waals surface area contributed by atoms with Gasteiger partial charge in [0.15, 0.2) is 5.65 Å². The van der Waals surface area contributed by atoms with Gasteiger partial charge in [0.1, 0.15) is 0 Å². The van der Waals surface area contributed by atoms with E-state index < -0.39 is 10.0 Å². The summed E-state index contributed by atoms with van der Waals surface area (Å²) in [6, 6.07) is 18.2. The molecule has 0 saturated heterocycles. The number of aromatic nitrogens is 2. The molecular weight excluding hydrogens is 448 g/mol. The SMILES string of the molecule is Cc1ccc(S(=O)(=O)n2cc(-c3cccc(Cl)c3)c3c(-c4ccsc4)ccnc32)cc1. The Morgan fingerprint density at radius 1 is 0.968 bits per heavy atom. The highest BCUT2D eigenvalue weighted by atomic mass is 35.5. The number of rotatable bonds is 4. The Labute approximate surface area is 189 Å². The van der Waals surface area contributed by atoms with Crippen LogP contribution in [-0.4, -0.2) is 17.4 Å². The lowest BCUT2D eigenvalue weighted by Crippen LogP contribution is -2.12. The number of nitrogens with zero attached hydrogens (tertiary/aromatic N) is 2. The van der Waals surface area contributed by atoms with E-state index in [0.717, 1.165) is 33.2 Å². The molecule has 0 spiro atoms. The first kappa shape index (κ1) is 20.0. The number of benzene rings is 2. The van der Waals surface area contributed by atoms with Crippen LogP contribution in [0.3, 0.4) is 0 Å². The topological polar surface area (TPSA) is 52.0 Å². The quantitative estimate of drug-likeness (QED) is 0.300. The van der Waals surface area contributed by atoms with Crippen LogP contribution in [0.1, 0.15) is 5.56 Å². The number of pyridine rings is 1. The van der Waals surface area contributed by atoms with Crippen LogP contribution >= 0.6 is 22.9 Å². The summed E-state index contributed by atoms with van der Waals surface area (Å²) in [5.41, 5.74) is 4.93. The van der Waals surface area contributed by atoms with Crippen LogP contribution in [0.5, 0.6) is 0 Å². The van der Waals surface area contributed by atoms with Gasteiger partial charge in [0.25, 0.3) is 10.0 Å². The summed E-state index contributed by atoms with van der Waals surface area (Å²) in [6.45, 7) is 1.92. The van der Waals surface area contributed by atoms with Crippen LogP contribution < -0.4 is 0 Å². The highest BCUT2D eigenvalue weighted by Gasteiger charge is 2.24. The van der Waals surface area contributed by atoms with Crippen molar-refractivity contribution >= 4 is 44.0 Å². The van der Waals surface area contributed by atoms with Crippen molar-refractivity contribution < 1.29 is 8.42 Å². The molecule has 0 aliphatic heterocycles. The third kappa shape index (κ3) is 3.47. The summed E-state index contributed by atoms with van der Waals surface area (Å²) in [4.78, 5) is 4.70. The van der Waals surface area contributed by atoms with Crippen molar-refractivity contribution in [3.05, 3.63) is 94.4 Å². The van der Waals surface area contributed by atoms with Crippen molar-refractivity contribution in [2.24, 2.45) is 0 Å². The Morgan fingerprint density at radius 2 is 1.77 bits per heavy atom. The molecule has 0 amide bonds. The number of hydrogen-bond donors (Lipinski definition) is 0. The van der Waals surface area contributed by atoms with Crippen LogP contribution in [-0.2, 0) is 10.0 Å². The highest BCUT2D eigenvalue weighted by Crippen LogP contribution is 2.39. The number of thiophene rings is 1. The second-order valence-corrected chi connectivity index (χ2v) is 10.3. The minimum absolute atomic E-state index is 0.218. The molecule has 2 aromatic carbocycles. The van der Waals surface area contributed by atoms with Gasteiger partial charge in [-0.05, 0) is 70.8 Å². The molecule has 3 heterocycles. The van der Waals surface area contributed by atoms with E-state index in [4.69, 9.17) is 11.6 Å². The van der Waals surface area contributed by atoms with Gasteiger partial charge in [-0.1, -0.05) is 41.4 Å². The van der Waals surface area contributed by atoms with E-state index in [1.165, 1.54) is 3.97 Å². The van der Waals surface area contributed by atoms with Gasteiger partial charge >= 0.3 is 0 Å². The lowest BCUT2D eigenvalue weighted by molar-refractivity contribution is 0.589. The molecular formula is C24H17ClN2O2S2. The van der Waals surface area contributed by atoms with Gasteiger partial charge in [0.05, 0.1) is 4.90 Å². The van der Waals surface area contributed by atoms with Crippen molar-refractivity contribution in [3.63, 3.8) is 0 Å². The first-order valence-electron chi connectivity index (χ1n) is 9.56. The van der Waals surface area contributed by atoms with Gasteiger partial charge in [0.2, 0.25) is 0 Å². The fourth-order valence-electron chi connectivity index (χ4n) is 3.67. The summed E-state index contributed by atoms with van der Waals surface area (Å²) in [6.07, 6.45) is 3.30. The molecule has 0 N–H and O–H groups in total. The molecule has 5 rings (SSSR count). The van der Waals surface area contributed by atoms with E-state index in [9.17, 15) is 8.42 Å². The second-order valence-electron chi connectivity index (χ2n) is 7.24. The molecule has 0 aliphatic carbocycles. The van der Waals surface area contributed by atoms with E-state index in [2.05, 4.69) is 4.98 Å². The summed E-state index contributed by atoms with van der Waals surface area (Å²) >= 11 is 7.84. The first-order valence-corrected chi connectivity index (χ1v) is 12.3. The summed E-state index contributed by atoms with van der Waals surface area (Å²) in [7, 11) is -3.84. The zero-order valence-electron chi connectivity index (χ0n) is 16.5. The lowest BCUT2D eigenvalue weighted by atomic mass is 10.00. The van der Waals surface area contributed by atoms with Crippen molar-refractivity contribution in [1.82, 2.24) is 8.96 Å². The molecule has 0 saturated carbocycles. The largest absolute Gasteiger partial charge is 0.269 e. The van der Waals surface area contributed by atoms with E-state index in [0.29, 0.717) is 10.7 Å². The van der Waals surface area contributed by atoms with E-state index in [-0.39, 0.29) is 4.90 Å². The van der Waals surface area contributed by atoms with Crippen molar-refractivity contribution in [2.75, 3.05) is 0 Å². The average Bonchev–Trinajstić information content (AvgIpc) is 3.42. The predicted molar refractivity (Wildman–Crippen MR) is 127 cm³/mol. The first-order chi connectivity index (χ1) is 14.9. The smallest absolute Gasteiger partial charge is 0.237 e. The maximum Gasteiger partial charge on any atom is 0.269 e. The van der Waals surface area contributed by atoms with Gasteiger partial charge < -0.3 is 0 Å². The third-order valence-electron chi connectivity index (χ3n) is 5.20. The molecule has 0 atom stereocenters.